The number of nitrogens with one attached hydrogen (secondary N) is 2. The summed E-state index contributed by atoms with van der Waals surface area (Å²) in [5.41, 5.74) is 2.64. The van der Waals surface area contributed by atoms with Crippen molar-refractivity contribution in [2.24, 2.45) is 5.41 Å². The maximum atomic E-state index is 13.3. The lowest BCUT2D eigenvalue weighted by atomic mass is 9.61. The molecule has 0 bridgehead atoms. The van der Waals surface area contributed by atoms with Gasteiger partial charge in [0.1, 0.15) is 5.52 Å². The number of hydrogen-bond acceptors (Lipinski definition) is 4. The monoisotopic (exact) mass is 419 g/mol. The van der Waals surface area contributed by atoms with Gasteiger partial charge < -0.3 is 10.2 Å². The van der Waals surface area contributed by atoms with Crippen LogP contribution in [0.2, 0.25) is 0 Å². The summed E-state index contributed by atoms with van der Waals surface area (Å²) < 4.78 is 26.5. The van der Waals surface area contributed by atoms with Crippen LogP contribution in [-0.4, -0.2) is 45.0 Å². The molecule has 1 saturated heterocycles. The summed E-state index contributed by atoms with van der Waals surface area (Å²) in [5.74, 6) is -2.03. The summed E-state index contributed by atoms with van der Waals surface area (Å²) in [6.07, 6.45) is 1.50. The third kappa shape index (κ3) is 2.93. The van der Waals surface area contributed by atoms with Gasteiger partial charge in [-0.15, -0.1) is 0 Å². The Kier molecular flexibility index (Phi) is 3.66. The Morgan fingerprint density at radius 2 is 1.94 bits per heavy atom. The summed E-state index contributed by atoms with van der Waals surface area (Å²) in [6, 6.07) is 15.1. The molecule has 31 heavy (non-hydrogen) atoms. The van der Waals surface area contributed by atoms with E-state index in [-0.39, 0.29) is 24.2 Å². The van der Waals surface area contributed by atoms with Gasteiger partial charge in [0.25, 0.3) is 5.91 Å². The molecular weight excluding hydrogens is 400 g/mol. The lowest BCUT2D eigenvalue weighted by Crippen LogP contribution is -2.66. The molecule has 1 aliphatic heterocycles. The van der Waals surface area contributed by atoms with Crippen molar-refractivity contribution in [3.63, 3.8) is 0 Å². The van der Waals surface area contributed by atoms with Crippen LogP contribution in [0.4, 0.5) is 20.3 Å². The molecule has 0 atom stereocenters. The van der Waals surface area contributed by atoms with E-state index in [1.807, 2.05) is 42.5 Å². The highest BCUT2D eigenvalue weighted by molar-refractivity contribution is 6.08. The largest absolute Gasteiger partial charge is 0.337 e. The summed E-state index contributed by atoms with van der Waals surface area (Å²) in [5, 5.41) is 12.2. The lowest BCUT2D eigenvalue weighted by molar-refractivity contribution is -0.203. The van der Waals surface area contributed by atoms with Crippen molar-refractivity contribution in [2.45, 2.75) is 18.8 Å². The number of aromatic nitrogens is 3. The number of H-pyrrole nitrogens is 1. The van der Waals surface area contributed by atoms with E-state index in [1.54, 1.807) is 17.2 Å². The van der Waals surface area contributed by atoms with Gasteiger partial charge in [0.15, 0.2) is 5.82 Å². The van der Waals surface area contributed by atoms with Gasteiger partial charge in [-0.25, -0.2) is 8.78 Å². The molecule has 0 radical (unpaired) electrons. The highest BCUT2D eigenvalue weighted by atomic mass is 19.3. The summed E-state index contributed by atoms with van der Waals surface area (Å²) in [7, 11) is 0. The van der Waals surface area contributed by atoms with Gasteiger partial charge in [-0.3, -0.25) is 14.9 Å². The Hall–Kier alpha value is -3.55. The molecule has 2 aromatic carbocycles. The minimum Gasteiger partial charge on any atom is -0.337 e. The zero-order valence-electron chi connectivity index (χ0n) is 16.5. The van der Waals surface area contributed by atoms with Crippen molar-refractivity contribution >= 4 is 39.2 Å². The van der Waals surface area contributed by atoms with E-state index in [4.69, 9.17) is 0 Å². The van der Waals surface area contributed by atoms with Crippen molar-refractivity contribution in [1.82, 2.24) is 20.1 Å². The van der Waals surface area contributed by atoms with E-state index in [9.17, 15) is 13.6 Å². The maximum absolute atomic E-state index is 13.3. The number of rotatable bonds is 3. The minimum atomic E-state index is -2.56. The van der Waals surface area contributed by atoms with Gasteiger partial charge in [-0.05, 0) is 41.1 Å². The van der Waals surface area contributed by atoms with E-state index in [0.717, 1.165) is 27.5 Å². The zero-order chi connectivity index (χ0) is 21.2. The number of anilines is 2. The molecule has 1 saturated carbocycles. The van der Waals surface area contributed by atoms with Gasteiger partial charge in [0.05, 0.1) is 5.52 Å². The van der Waals surface area contributed by atoms with Crippen LogP contribution in [0.15, 0.2) is 54.7 Å². The number of carbonyl (C=O) groups is 1. The van der Waals surface area contributed by atoms with Crippen LogP contribution >= 0.6 is 0 Å². The fourth-order valence-electron chi connectivity index (χ4n) is 4.97. The number of aromatic amines is 1. The van der Waals surface area contributed by atoms with Gasteiger partial charge >= 0.3 is 0 Å². The first kappa shape index (κ1) is 18.2. The molecule has 6 nitrogen and oxygen atoms in total. The van der Waals surface area contributed by atoms with Crippen molar-refractivity contribution in [1.29, 1.82) is 0 Å². The Morgan fingerprint density at radius 1 is 1.10 bits per heavy atom. The zero-order valence-corrected chi connectivity index (χ0v) is 16.5. The van der Waals surface area contributed by atoms with Crippen LogP contribution in [0.1, 0.15) is 23.2 Å². The second kappa shape index (κ2) is 6.23. The average Bonchev–Trinajstić information content (AvgIpc) is 3.12. The molecule has 8 heteroatoms. The molecule has 1 amide bonds. The van der Waals surface area contributed by atoms with Crippen molar-refractivity contribution < 1.29 is 13.6 Å². The van der Waals surface area contributed by atoms with Gasteiger partial charge in [0.2, 0.25) is 5.92 Å². The first-order valence-corrected chi connectivity index (χ1v) is 10.2. The number of likely N-dealkylation sites (tertiary alicyclic amines) is 1. The predicted octanol–water partition coefficient (Wildman–Crippen LogP) is 4.73. The van der Waals surface area contributed by atoms with E-state index in [0.29, 0.717) is 24.5 Å². The van der Waals surface area contributed by atoms with Crippen molar-refractivity contribution in [2.75, 3.05) is 18.4 Å². The second-order valence-electron chi connectivity index (χ2n) is 8.71. The number of fused-ring (bicyclic) bond motifs is 2. The number of halogens is 2. The van der Waals surface area contributed by atoms with Crippen molar-refractivity contribution in [3.8, 4) is 0 Å². The molecule has 0 unspecified atom stereocenters. The Labute approximate surface area is 176 Å². The number of carbonyl (C=O) groups excluding carboxylic acids is 1. The first-order chi connectivity index (χ1) is 14.9. The summed E-state index contributed by atoms with van der Waals surface area (Å²) in [6.45, 7) is 0.827. The standard InChI is InChI=1S/C23H19F2N5O/c24-23(25)10-22(11-23)12-30(13-22)21(31)17-4-1-3-14-9-15(6-7-16(14)17)27-20-19-18(28-29-20)5-2-8-26-19/h1-9H,10-13H2,(H2,27,28,29). The van der Waals surface area contributed by atoms with Crippen LogP contribution in [0.3, 0.4) is 0 Å². The number of amides is 1. The van der Waals surface area contributed by atoms with Gasteiger partial charge in [0, 0.05) is 48.8 Å². The molecule has 2 aliphatic rings. The fourth-order valence-corrected chi connectivity index (χ4v) is 4.97. The molecule has 2 N–H and O–H groups in total. The highest BCUT2D eigenvalue weighted by Gasteiger charge is 2.62. The molecule has 3 heterocycles. The normalized spacial score (nSPS) is 18.7. The SMILES string of the molecule is O=C(c1cccc2cc(Nc3n[nH]c4cccnc34)ccc12)N1CC2(C1)CC(F)(F)C2. The molecule has 4 aromatic rings. The summed E-state index contributed by atoms with van der Waals surface area (Å²) >= 11 is 0. The number of alkyl halides is 2. The van der Waals surface area contributed by atoms with Gasteiger partial charge in [-0.1, -0.05) is 18.2 Å². The van der Waals surface area contributed by atoms with Crippen LogP contribution in [0, 0.1) is 5.41 Å². The quantitative estimate of drug-likeness (QED) is 0.504. The lowest BCUT2D eigenvalue weighted by Gasteiger charge is -2.58. The van der Waals surface area contributed by atoms with E-state index in [1.165, 1.54) is 0 Å². The highest BCUT2D eigenvalue weighted by Crippen LogP contribution is 2.56. The number of hydrogen-bond donors (Lipinski definition) is 2. The molecular formula is C23H19F2N5O. The Balaban J connectivity index is 1.25. The second-order valence-corrected chi connectivity index (χ2v) is 8.71. The molecule has 6 rings (SSSR count). The van der Waals surface area contributed by atoms with Crippen LogP contribution < -0.4 is 5.32 Å². The first-order valence-electron chi connectivity index (χ1n) is 10.2. The summed E-state index contributed by atoms with van der Waals surface area (Å²) in [4.78, 5) is 19.0. The van der Waals surface area contributed by atoms with Crippen molar-refractivity contribution in [3.05, 3.63) is 60.3 Å². The third-order valence-corrected chi connectivity index (χ3v) is 6.30. The predicted molar refractivity (Wildman–Crippen MR) is 114 cm³/mol. The van der Waals surface area contributed by atoms with E-state index >= 15 is 0 Å². The van der Waals surface area contributed by atoms with E-state index in [2.05, 4.69) is 20.5 Å². The fraction of sp³-hybridized carbons (Fsp3) is 0.261. The smallest absolute Gasteiger partial charge is 0.254 e. The van der Waals surface area contributed by atoms with Crippen LogP contribution in [0.25, 0.3) is 21.8 Å². The van der Waals surface area contributed by atoms with Crippen LogP contribution in [-0.2, 0) is 0 Å². The maximum Gasteiger partial charge on any atom is 0.254 e. The number of nitrogens with zero attached hydrogens (tertiary/aromatic N) is 3. The third-order valence-electron chi connectivity index (χ3n) is 6.30. The molecule has 156 valence electrons. The molecule has 1 spiro atoms. The molecule has 2 fully saturated rings. The number of pyridine rings is 1. The average molecular weight is 419 g/mol. The molecule has 2 aromatic heterocycles. The Morgan fingerprint density at radius 3 is 2.74 bits per heavy atom. The topological polar surface area (TPSA) is 73.9 Å². The number of benzene rings is 2. The van der Waals surface area contributed by atoms with Crippen LogP contribution in [0.5, 0.6) is 0 Å². The van der Waals surface area contributed by atoms with Gasteiger partial charge in [-0.2, -0.15) is 5.10 Å². The Bertz CT molecular complexity index is 1330. The minimum absolute atomic E-state index is 0.102. The van der Waals surface area contributed by atoms with E-state index < -0.39 is 5.92 Å². The molecule has 1 aliphatic carbocycles.